The summed E-state index contributed by atoms with van der Waals surface area (Å²) in [5.74, 6) is -2.19. The summed E-state index contributed by atoms with van der Waals surface area (Å²) in [6, 6.07) is 13.8. The number of aryl methyl sites for hydroxylation is 2. The number of carbonyl (C=O) groups is 2. The fraction of sp³-hybridized carbons (Fsp3) is 0.286. The first kappa shape index (κ1) is 32.6. The predicted molar refractivity (Wildman–Crippen MR) is 143 cm³/mol. The topological polar surface area (TPSA) is 74.8 Å². The summed E-state index contributed by atoms with van der Waals surface area (Å²) in [7, 11) is -2.53. The maximum atomic E-state index is 14.7. The van der Waals surface area contributed by atoms with Gasteiger partial charge in [-0.15, -0.1) is 0 Å². The maximum absolute atomic E-state index is 14.7. The lowest BCUT2D eigenvalue weighted by molar-refractivity contribution is -0.348. The van der Waals surface area contributed by atoms with Gasteiger partial charge in [0.25, 0.3) is 11.8 Å². The van der Waals surface area contributed by atoms with Crippen molar-refractivity contribution in [3.05, 3.63) is 94.5 Å². The number of sulfone groups is 1. The number of hydrogen-bond acceptors (Lipinski definition) is 4. The number of halogens is 7. The molecule has 226 valence electrons. The van der Waals surface area contributed by atoms with Crippen LogP contribution in [0, 0.1) is 13.8 Å². The van der Waals surface area contributed by atoms with E-state index in [0.717, 1.165) is 29.9 Å². The fourth-order valence-corrected chi connectivity index (χ4v) is 5.23. The Balaban J connectivity index is 2.05. The molecule has 0 radical (unpaired) electrons. The minimum atomic E-state index is -6.30. The summed E-state index contributed by atoms with van der Waals surface area (Å²) in [5.41, 5.74) is -7.76. The Kier molecular flexibility index (Phi) is 8.83. The van der Waals surface area contributed by atoms with Crippen molar-refractivity contribution < 1.29 is 48.7 Å². The van der Waals surface area contributed by atoms with Crippen LogP contribution in [-0.2, 0) is 15.5 Å². The SMILES string of the molecule is Cc1cc(C(F)(C(F)(F)F)C(F)(F)F)cc(C)c1N(C)C(=O)c1cccc(N(CS(C)(=O)=O)C(=O)c2ccccc2)c1. The van der Waals surface area contributed by atoms with Crippen LogP contribution < -0.4 is 9.80 Å². The van der Waals surface area contributed by atoms with Crippen molar-refractivity contribution in [2.24, 2.45) is 0 Å². The third-order valence-electron chi connectivity index (χ3n) is 6.34. The normalized spacial score (nSPS) is 12.6. The number of nitrogens with zero attached hydrogens (tertiary/aromatic N) is 2. The predicted octanol–water partition coefficient (Wildman–Crippen LogP) is 6.52. The largest absolute Gasteiger partial charge is 0.435 e. The highest BCUT2D eigenvalue weighted by atomic mass is 32.2. The first-order valence-electron chi connectivity index (χ1n) is 12.1. The molecule has 0 saturated heterocycles. The van der Waals surface area contributed by atoms with Crippen LogP contribution in [0.15, 0.2) is 66.7 Å². The molecule has 2 amide bonds. The molecule has 0 spiro atoms. The lowest BCUT2D eigenvalue weighted by Crippen LogP contribution is -2.50. The van der Waals surface area contributed by atoms with Gasteiger partial charge >= 0.3 is 18.0 Å². The minimum Gasteiger partial charge on any atom is -0.311 e. The zero-order valence-corrected chi connectivity index (χ0v) is 23.5. The Bertz CT molecular complexity index is 1570. The molecule has 14 heteroatoms. The molecule has 3 aromatic rings. The molecule has 0 fully saturated rings. The van der Waals surface area contributed by atoms with Crippen LogP contribution in [0.4, 0.5) is 42.1 Å². The molecule has 3 rings (SSSR count). The average molecular weight is 619 g/mol. The van der Waals surface area contributed by atoms with Gasteiger partial charge in [0.1, 0.15) is 5.88 Å². The van der Waals surface area contributed by atoms with Gasteiger partial charge in [0.2, 0.25) is 0 Å². The highest BCUT2D eigenvalue weighted by molar-refractivity contribution is 7.90. The Hall–Kier alpha value is -3.94. The first-order chi connectivity index (χ1) is 19.2. The number of anilines is 2. The van der Waals surface area contributed by atoms with Crippen molar-refractivity contribution in [3.8, 4) is 0 Å². The van der Waals surface area contributed by atoms with Crippen molar-refractivity contribution >= 4 is 33.0 Å². The fourth-order valence-electron chi connectivity index (χ4n) is 4.50. The molecule has 0 unspecified atom stereocenters. The van der Waals surface area contributed by atoms with Gasteiger partial charge < -0.3 is 4.90 Å². The molecule has 42 heavy (non-hydrogen) atoms. The standard InChI is InChI=1S/C28H25F7N2O4S/c1-17-13-21(26(29,27(30,31)32)28(33,34)35)14-18(2)23(17)36(3)24(38)20-11-8-12-22(15-20)37(16-42(4,40)41)25(39)19-9-6-5-7-10-19/h5-15H,16H2,1-4H3. The van der Waals surface area contributed by atoms with E-state index in [1.54, 1.807) is 18.2 Å². The van der Waals surface area contributed by atoms with E-state index in [-0.39, 0.29) is 33.6 Å². The van der Waals surface area contributed by atoms with E-state index < -0.39 is 51.1 Å². The third-order valence-corrected chi connectivity index (χ3v) is 7.07. The molecule has 0 aliphatic rings. The van der Waals surface area contributed by atoms with Crippen molar-refractivity contribution in [1.29, 1.82) is 0 Å². The van der Waals surface area contributed by atoms with Gasteiger partial charge in [0, 0.05) is 41.4 Å². The molecule has 0 atom stereocenters. The zero-order chi connectivity index (χ0) is 31.8. The van der Waals surface area contributed by atoms with Gasteiger partial charge in [-0.05, 0) is 55.3 Å². The molecular formula is C28H25F7N2O4S. The van der Waals surface area contributed by atoms with Gasteiger partial charge in [0.05, 0.1) is 0 Å². The van der Waals surface area contributed by atoms with Crippen molar-refractivity contribution in [2.45, 2.75) is 31.9 Å². The van der Waals surface area contributed by atoms with E-state index in [9.17, 15) is 48.7 Å². The number of hydrogen-bond donors (Lipinski definition) is 0. The van der Waals surface area contributed by atoms with Crippen LogP contribution in [0.1, 0.15) is 37.4 Å². The Morgan fingerprint density at radius 1 is 0.738 bits per heavy atom. The van der Waals surface area contributed by atoms with E-state index in [4.69, 9.17) is 0 Å². The van der Waals surface area contributed by atoms with Gasteiger partial charge in [0.15, 0.2) is 9.84 Å². The highest BCUT2D eigenvalue weighted by Crippen LogP contribution is 2.54. The number of carbonyl (C=O) groups excluding carboxylic acids is 2. The second-order valence-corrected chi connectivity index (χ2v) is 11.8. The second kappa shape index (κ2) is 11.4. The quantitative estimate of drug-likeness (QED) is 0.283. The molecule has 0 N–H and O–H groups in total. The Morgan fingerprint density at radius 2 is 1.24 bits per heavy atom. The van der Waals surface area contributed by atoms with E-state index in [0.29, 0.717) is 12.1 Å². The molecular weight excluding hydrogens is 593 g/mol. The lowest BCUT2D eigenvalue weighted by Gasteiger charge is -2.32. The van der Waals surface area contributed by atoms with Crippen LogP contribution in [0.3, 0.4) is 0 Å². The van der Waals surface area contributed by atoms with Crippen LogP contribution in [0.2, 0.25) is 0 Å². The Labute approximate surface area is 237 Å². The molecule has 0 saturated carbocycles. The van der Waals surface area contributed by atoms with Crippen molar-refractivity contribution in [1.82, 2.24) is 0 Å². The summed E-state index contributed by atoms with van der Waals surface area (Å²) >= 11 is 0. The molecule has 0 aliphatic heterocycles. The van der Waals surface area contributed by atoms with Crippen LogP contribution >= 0.6 is 0 Å². The lowest BCUT2D eigenvalue weighted by atomic mass is 9.90. The summed E-state index contributed by atoms with van der Waals surface area (Å²) in [6.07, 6.45) is -11.7. The van der Waals surface area contributed by atoms with Crippen LogP contribution in [0.5, 0.6) is 0 Å². The number of amides is 2. The van der Waals surface area contributed by atoms with Gasteiger partial charge in [-0.3, -0.25) is 14.5 Å². The minimum absolute atomic E-state index is 0.0369. The number of alkyl halides is 7. The maximum Gasteiger partial charge on any atom is 0.435 e. The molecule has 3 aromatic carbocycles. The Morgan fingerprint density at radius 3 is 1.71 bits per heavy atom. The summed E-state index contributed by atoms with van der Waals surface area (Å²) < 4.78 is 119. The molecule has 0 aromatic heterocycles. The van der Waals surface area contributed by atoms with E-state index in [1.165, 1.54) is 43.4 Å². The molecule has 0 heterocycles. The summed E-state index contributed by atoms with van der Waals surface area (Å²) in [4.78, 5) is 28.5. The van der Waals surface area contributed by atoms with Gasteiger partial charge in [-0.2, -0.15) is 26.3 Å². The van der Waals surface area contributed by atoms with Crippen molar-refractivity contribution in [2.75, 3.05) is 29.0 Å². The van der Waals surface area contributed by atoms with Gasteiger partial charge in [-0.25, -0.2) is 12.8 Å². The number of benzene rings is 3. The summed E-state index contributed by atoms with van der Waals surface area (Å²) in [6.45, 7) is 2.26. The van der Waals surface area contributed by atoms with Crippen LogP contribution in [-0.4, -0.2) is 51.8 Å². The van der Waals surface area contributed by atoms with Gasteiger partial charge in [-0.1, -0.05) is 36.4 Å². The smallest absolute Gasteiger partial charge is 0.311 e. The van der Waals surface area contributed by atoms with Crippen molar-refractivity contribution in [3.63, 3.8) is 0 Å². The molecule has 0 bridgehead atoms. The average Bonchev–Trinajstić information content (AvgIpc) is 2.88. The first-order valence-corrected chi connectivity index (χ1v) is 14.1. The zero-order valence-electron chi connectivity index (χ0n) is 22.6. The second-order valence-electron chi connectivity index (χ2n) is 9.68. The monoisotopic (exact) mass is 618 g/mol. The molecule has 6 nitrogen and oxygen atoms in total. The van der Waals surface area contributed by atoms with E-state index in [1.807, 2.05) is 0 Å². The van der Waals surface area contributed by atoms with Crippen LogP contribution in [0.25, 0.3) is 0 Å². The van der Waals surface area contributed by atoms with E-state index in [2.05, 4.69) is 0 Å². The summed E-state index contributed by atoms with van der Waals surface area (Å²) in [5, 5.41) is 0. The van der Waals surface area contributed by atoms with E-state index >= 15 is 0 Å². The highest BCUT2D eigenvalue weighted by Gasteiger charge is 2.73. The third kappa shape index (κ3) is 6.42. The number of rotatable bonds is 7. The molecule has 0 aliphatic carbocycles.